The number of nitrogens with zero attached hydrogens (tertiary/aromatic N) is 2. The molecule has 6 nitrogen and oxygen atoms in total. The van der Waals surface area contributed by atoms with Crippen LogP contribution in [-0.2, 0) is 21.6 Å². The van der Waals surface area contributed by atoms with Crippen molar-refractivity contribution in [3.05, 3.63) is 47.2 Å². The van der Waals surface area contributed by atoms with Crippen LogP contribution in [0.5, 0.6) is 11.6 Å². The van der Waals surface area contributed by atoms with Crippen LogP contribution in [0, 0.1) is 11.8 Å². The van der Waals surface area contributed by atoms with Gasteiger partial charge in [0.15, 0.2) is 0 Å². The number of benzene rings is 1. The molecule has 36 heavy (non-hydrogen) atoms. The van der Waals surface area contributed by atoms with E-state index in [4.69, 9.17) is 21.1 Å². The molecule has 10 heteroatoms. The summed E-state index contributed by atoms with van der Waals surface area (Å²) in [5.74, 6) is -1.30. The molecule has 1 heterocycles. The molecule has 0 N–H and O–H groups in total. The average Bonchev–Trinajstić information content (AvgIpc) is 2.84. The highest BCUT2D eigenvalue weighted by Crippen LogP contribution is 2.39. The number of aromatic nitrogens is 1. The molecular weight excluding hydrogens is 497 g/mol. The number of methoxy groups -OCH3 is 1. The molecule has 196 valence electrons. The molecule has 0 spiro atoms. The fraction of sp³-hybridized carbons (Fsp3) is 0.500. The Labute approximate surface area is 213 Å². The minimum absolute atomic E-state index is 0.00663. The standard InChI is InChI=1S/C26H30ClF3N2O4/c1-15(2)32(24(33)18-7-5-16(3)6-8-18)22-10-9-19(12-20(22)25(34)35-4)36-23-21(26(28,29)30)11-17(13-27)14-31-23/h9-12,14-16,18H,5-8,13H2,1-4H3/t16-,18-. The van der Waals surface area contributed by atoms with Crippen LogP contribution in [-0.4, -0.2) is 30.0 Å². The van der Waals surface area contributed by atoms with Gasteiger partial charge >= 0.3 is 12.1 Å². The molecular formula is C26H30ClF3N2O4. The maximum Gasteiger partial charge on any atom is 0.421 e. The summed E-state index contributed by atoms with van der Waals surface area (Å²) in [5, 5.41) is 0. The lowest BCUT2D eigenvalue weighted by Crippen LogP contribution is -2.43. The number of alkyl halides is 4. The molecule has 0 saturated heterocycles. The van der Waals surface area contributed by atoms with Gasteiger partial charge in [-0.3, -0.25) is 4.79 Å². The van der Waals surface area contributed by atoms with Gasteiger partial charge in [-0.1, -0.05) is 6.92 Å². The minimum Gasteiger partial charge on any atom is -0.465 e. The number of amides is 1. The number of carbonyl (C=O) groups excluding carboxylic acids is 2. The summed E-state index contributed by atoms with van der Waals surface area (Å²) in [6, 6.07) is 4.77. The van der Waals surface area contributed by atoms with Crippen molar-refractivity contribution in [2.45, 2.75) is 64.6 Å². The Hall–Kier alpha value is -2.81. The summed E-state index contributed by atoms with van der Waals surface area (Å²) in [7, 11) is 1.19. The highest BCUT2D eigenvalue weighted by molar-refractivity contribution is 6.17. The van der Waals surface area contributed by atoms with Crippen molar-refractivity contribution >= 4 is 29.2 Å². The fourth-order valence-electron chi connectivity index (χ4n) is 4.38. The number of pyridine rings is 1. The van der Waals surface area contributed by atoms with E-state index in [9.17, 15) is 22.8 Å². The predicted octanol–water partition coefficient (Wildman–Crippen LogP) is 6.99. The first-order chi connectivity index (χ1) is 17.0. The van der Waals surface area contributed by atoms with Gasteiger partial charge in [0.25, 0.3) is 0 Å². The molecule has 1 saturated carbocycles. The normalized spacial score (nSPS) is 18.1. The third-order valence-corrected chi connectivity index (χ3v) is 6.64. The van der Waals surface area contributed by atoms with Crippen molar-refractivity contribution in [1.29, 1.82) is 0 Å². The predicted molar refractivity (Wildman–Crippen MR) is 130 cm³/mol. The van der Waals surface area contributed by atoms with Crippen LogP contribution in [0.25, 0.3) is 0 Å². The smallest absolute Gasteiger partial charge is 0.421 e. The van der Waals surface area contributed by atoms with Crippen molar-refractivity contribution in [2.75, 3.05) is 12.0 Å². The van der Waals surface area contributed by atoms with E-state index in [1.54, 1.807) is 4.90 Å². The molecule has 1 aromatic heterocycles. The van der Waals surface area contributed by atoms with E-state index in [0.29, 0.717) is 11.6 Å². The van der Waals surface area contributed by atoms with E-state index in [1.807, 2.05) is 13.8 Å². The largest absolute Gasteiger partial charge is 0.465 e. The molecule has 1 fully saturated rings. The second-order valence-electron chi connectivity index (χ2n) is 9.36. The molecule has 0 unspecified atom stereocenters. The first-order valence-corrected chi connectivity index (χ1v) is 12.3. The zero-order valence-corrected chi connectivity index (χ0v) is 21.4. The van der Waals surface area contributed by atoms with Crippen molar-refractivity contribution in [1.82, 2.24) is 4.98 Å². The fourth-order valence-corrected chi connectivity index (χ4v) is 4.53. The molecule has 1 aliphatic rings. The van der Waals surface area contributed by atoms with E-state index in [0.717, 1.165) is 31.7 Å². The van der Waals surface area contributed by atoms with Crippen LogP contribution >= 0.6 is 11.6 Å². The van der Waals surface area contributed by atoms with Gasteiger partial charge in [0, 0.05) is 24.0 Å². The van der Waals surface area contributed by atoms with Crippen LogP contribution in [0.3, 0.4) is 0 Å². The molecule has 2 aromatic rings. The SMILES string of the molecule is COC(=O)c1cc(Oc2ncc(CCl)cc2C(F)(F)F)ccc1N(C(=O)[C@H]1CC[C@H](C)CC1)C(C)C. The van der Waals surface area contributed by atoms with Crippen molar-refractivity contribution in [3.63, 3.8) is 0 Å². The first-order valence-electron chi connectivity index (χ1n) is 11.8. The summed E-state index contributed by atoms with van der Waals surface area (Å²) in [5.41, 5.74) is -0.582. The zero-order chi connectivity index (χ0) is 26.6. The van der Waals surface area contributed by atoms with E-state index < -0.39 is 23.6 Å². The number of hydrogen-bond acceptors (Lipinski definition) is 5. The lowest BCUT2D eigenvalue weighted by Gasteiger charge is -2.34. The molecule has 3 rings (SSSR count). The van der Waals surface area contributed by atoms with Crippen molar-refractivity contribution in [2.24, 2.45) is 11.8 Å². The number of ether oxygens (including phenoxy) is 2. The second-order valence-corrected chi connectivity index (χ2v) is 9.63. The molecule has 0 aliphatic heterocycles. The topological polar surface area (TPSA) is 68.7 Å². The van der Waals surface area contributed by atoms with Gasteiger partial charge in [0.05, 0.1) is 18.4 Å². The molecule has 0 bridgehead atoms. The first kappa shape index (κ1) is 27.8. The number of rotatable bonds is 7. The van der Waals surface area contributed by atoms with Crippen LogP contribution in [0.1, 0.15) is 67.9 Å². The second kappa shape index (κ2) is 11.5. The van der Waals surface area contributed by atoms with Gasteiger partial charge < -0.3 is 14.4 Å². The van der Waals surface area contributed by atoms with E-state index in [1.165, 1.54) is 31.5 Å². The Morgan fingerprint density at radius 2 is 1.83 bits per heavy atom. The maximum atomic E-state index is 13.6. The maximum absolute atomic E-state index is 13.6. The summed E-state index contributed by atoms with van der Waals surface area (Å²) in [6.07, 6.45) is -0.0956. The molecule has 1 amide bonds. The summed E-state index contributed by atoms with van der Waals surface area (Å²) in [4.78, 5) is 31.5. The van der Waals surface area contributed by atoms with Gasteiger partial charge in [-0.2, -0.15) is 13.2 Å². The third kappa shape index (κ3) is 6.30. The van der Waals surface area contributed by atoms with E-state index >= 15 is 0 Å². The monoisotopic (exact) mass is 526 g/mol. The number of carbonyl (C=O) groups is 2. The highest BCUT2D eigenvalue weighted by atomic mass is 35.5. The van der Waals surface area contributed by atoms with Gasteiger partial charge in [-0.05, 0) is 75.3 Å². The summed E-state index contributed by atoms with van der Waals surface area (Å²) >= 11 is 5.66. The lowest BCUT2D eigenvalue weighted by molar-refractivity contribution is -0.139. The van der Waals surface area contributed by atoms with Crippen molar-refractivity contribution < 1.29 is 32.2 Å². The van der Waals surface area contributed by atoms with Crippen LogP contribution < -0.4 is 9.64 Å². The van der Waals surface area contributed by atoms with Gasteiger partial charge in [-0.15, -0.1) is 11.6 Å². The van der Waals surface area contributed by atoms with E-state index in [2.05, 4.69) is 11.9 Å². The quantitative estimate of drug-likeness (QED) is 0.287. The molecule has 0 atom stereocenters. The Morgan fingerprint density at radius 1 is 1.17 bits per heavy atom. The van der Waals surface area contributed by atoms with Crippen LogP contribution in [0.2, 0.25) is 0 Å². The van der Waals surface area contributed by atoms with Gasteiger partial charge in [0.1, 0.15) is 11.3 Å². The third-order valence-electron chi connectivity index (χ3n) is 6.33. The number of hydrogen-bond donors (Lipinski definition) is 0. The lowest BCUT2D eigenvalue weighted by atomic mass is 9.82. The average molecular weight is 527 g/mol. The molecule has 1 aromatic carbocycles. The Balaban J connectivity index is 2.00. The van der Waals surface area contributed by atoms with Crippen LogP contribution in [0.15, 0.2) is 30.5 Å². The zero-order valence-electron chi connectivity index (χ0n) is 20.7. The molecule has 1 aliphatic carbocycles. The Bertz CT molecular complexity index is 1100. The number of esters is 1. The van der Waals surface area contributed by atoms with Crippen molar-refractivity contribution in [3.8, 4) is 11.6 Å². The summed E-state index contributed by atoms with van der Waals surface area (Å²) in [6.45, 7) is 5.84. The van der Waals surface area contributed by atoms with E-state index in [-0.39, 0.29) is 40.6 Å². The van der Waals surface area contributed by atoms with Gasteiger partial charge in [-0.25, -0.2) is 9.78 Å². The number of halogens is 4. The number of anilines is 1. The Kier molecular flexibility index (Phi) is 8.87. The molecule has 0 radical (unpaired) electrons. The van der Waals surface area contributed by atoms with Gasteiger partial charge in [0.2, 0.25) is 11.8 Å². The highest BCUT2D eigenvalue weighted by Gasteiger charge is 2.36. The Morgan fingerprint density at radius 3 is 2.39 bits per heavy atom. The van der Waals surface area contributed by atoms with Crippen LogP contribution in [0.4, 0.5) is 18.9 Å². The summed E-state index contributed by atoms with van der Waals surface area (Å²) < 4.78 is 51.2. The minimum atomic E-state index is -4.73.